The molecule has 7 heteroatoms. The molecule has 0 atom stereocenters. The maximum atomic E-state index is 5.39. The fraction of sp³-hybridized carbons (Fsp3) is 0.375. The van der Waals surface area contributed by atoms with E-state index in [2.05, 4.69) is 57.3 Å². The van der Waals surface area contributed by atoms with Crippen molar-refractivity contribution in [3.8, 4) is 11.1 Å². The van der Waals surface area contributed by atoms with Gasteiger partial charge in [0.2, 0.25) is 5.95 Å². The van der Waals surface area contributed by atoms with Crippen LogP contribution < -0.4 is 5.32 Å². The van der Waals surface area contributed by atoms with Gasteiger partial charge in [-0.1, -0.05) is 35.5 Å². The number of anilines is 1. The lowest BCUT2D eigenvalue weighted by molar-refractivity contribution is 0.263. The summed E-state index contributed by atoms with van der Waals surface area (Å²) in [6.07, 6.45) is 4.10. The second-order valence-corrected chi connectivity index (χ2v) is 8.49. The van der Waals surface area contributed by atoms with Crippen LogP contribution in [0.4, 0.5) is 5.95 Å². The van der Waals surface area contributed by atoms with E-state index < -0.39 is 0 Å². The predicted octanol–water partition coefficient (Wildman–Crippen LogP) is 4.26. The predicted molar refractivity (Wildman–Crippen MR) is 122 cm³/mol. The molecule has 1 N–H and O–H groups in total. The molecule has 0 bridgehead atoms. The van der Waals surface area contributed by atoms with Gasteiger partial charge in [-0.2, -0.15) is 4.98 Å². The van der Waals surface area contributed by atoms with Crippen molar-refractivity contribution in [1.82, 2.24) is 24.6 Å². The molecule has 1 saturated heterocycles. The highest BCUT2D eigenvalue weighted by Gasteiger charge is 2.21. The minimum Gasteiger partial charge on any atom is -0.361 e. The number of nitrogens with one attached hydrogen (secondary N) is 1. The summed E-state index contributed by atoms with van der Waals surface area (Å²) in [5.41, 5.74) is 5.88. The Bertz CT molecular complexity index is 1170. The van der Waals surface area contributed by atoms with E-state index in [4.69, 9.17) is 14.5 Å². The number of aryl methyl sites for hydroxylation is 2. The molecule has 31 heavy (non-hydrogen) atoms. The lowest BCUT2D eigenvalue weighted by Crippen LogP contribution is -2.37. The molecule has 1 aliphatic heterocycles. The third kappa shape index (κ3) is 3.93. The fourth-order valence-electron chi connectivity index (χ4n) is 4.41. The summed E-state index contributed by atoms with van der Waals surface area (Å²) in [5, 5.41) is 7.82. The van der Waals surface area contributed by atoms with E-state index in [-0.39, 0.29) is 0 Å². The van der Waals surface area contributed by atoms with Crippen LogP contribution in [0.2, 0.25) is 0 Å². The number of aromatic nitrogens is 4. The van der Waals surface area contributed by atoms with Gasteiger partial charge in [-0.05, 0) is 58.5 Å². The smallest absolute Gasteiger partial charge is 0.205 e. The zero-order valence-electron chi connectivity index (χ0n) is 18.3. The van der Waals surface area contributed by atoms with Gasteiger partial charge < -0.3 is 19.3 Å². The Morgan fingerprint density at radius 2 is 1.90 bits per heavy atom. The molecule has 1 aliphatic rings. The maximum absolute atomic E-state index is 5.39. The molecule has 4 heterocycles. The summed E-state index contributed by atoms with van der Waals surface area (Å²) >= 11 is 0. The maximum Gasteiger partial charge on any atom is 0.205 e. The third-order valence-electron chi connectivity index (χ3n) is 6.16. The van der Waals surface area contributed by atoms with Crippen LogP contribution in [0.5, 0.6) is 0 Å². The Labute approximate surface area is 182 Å². The number of rotatable bonds is 5. The molecule has 5 rings (SSSR count). The van der Waals surface area contributed by atoms with E-state index in [1.807, 2.05) is 26.1 Å². The molecular formula is C24H28N6O. The first-order valence-electron chi connectivity index (χ1n) is 10.9. The molecule has 7 nitrogen and oxygen atoms in total. The lowest BCUT2D eigenvalue weighted by atomic mass is 10.1. The average Bonchev–Trinajstić information content (AvgIpc) is 3.29. The summed E-state index contributed by atoms with van der Waals surface area (Å²) in [5.74, 6) is 1.69. The average molecular weight is 417 g/mol. The van der Waals surface area contributed by atoms with Crippen LogP contribution in [0.1, 0.15) is 29.9 Å². The van der Waals surface area contributed by atoms with Crippen LogP contribution in [-0.4, -0.2) is 50.8 Å². The van der Waals surface area contributed by atoms with Crippen molar-refractivity contribution in [2.45, 2.75) is 39.3 Å². The first kappa shape index (κ1) is 19.8. The van der Waals surface area contributed by atoms with Crippen LogP contribution in [-0.2, 0) is 6.54 Å². The second-order valence-electron chi connectivity index (χ2n) is 8.49. The van der Waals surface area contributed by atoms with Gasteiger partial charge in [-0.3, -0.25) is 0 Å². The number of nitrogens with zero attached hydrogens (tertiary/aromatic N) is 5. The van der Waals surface area contributed by atoms with Crippen molar-refractivity contribution in [1.29, 1.82) is 0 Å². The molecule has 0 aliphatic carbocycles. The van der Waals surface area contributed by atoms with Gasteiger partial charge >= 0.3 is 0 Å². The summed E-state index contributed by atoms with van der Waals surface area (Å²) in [6.45, 7) is 6.84. The van der Waals surface area contributed by atoms with E-state index in [0.717, 1.165) is 72.2 Å². The van der Waals surface area contributed by atoms with Gasteiger partial charge in [0.15, 0.2) is 5.65 Å². The lowest BCUT2D eigenvalue weighted by Gasteiger charge is -2.29. The highest BCUT2D eigenvalue weighted by molar-refractivity contribution is 5.82. The van der Waals surface area contributed by atoms with E-state index in [0.29, 0.717) is 6.04 Å². The molecule has 0 spiro atoms. The van der Waals surface area contributed by atoms with Crippen molar-refractivity contribution >= 4 is 17.1 Å². The monoisotopic (exact) mass is 416 g/mol. The summed E-state index contributed by atoms with van der Waals surface area (Å²) in [4.78, 5) is 12.0. The minimum atomic E-state index is 0.421. The first-order valence-corrected chi connectivity index (χ1v) is 10.9. The number of hydrogen-bond acceptors (Lipinski definition) is 6. The third-order valence-corrected chi connectivity index (χ3v) is 6.16. The van der Waals surface area contributed by atoms with E-state index in [1.54, 1.807) is 0 Å². The largest absolute Gasteiger partial charge is 0.361 e. The highest BCUT2D eigenvalue weighted by atomic mass is 16.5. The Morgan fingerprint density at radius 1 is 1.13 bits per heavy atom. The Balaban J connectivity index is 1.57. The van der Waals surface area contributed by atoms with E-state index in [9.17, 15) is 0 Å². The number of pyridine rings is 1. The number of piperidine rings is 1. The Morgan fingerprint density at radius 3 is 2.61 bits per heavy atom. The van der Waals surface area contributed by atoms with Crippen LogP contribution in [0.25, 0.3) is 22.3 Å². The van der Waals surface area contributed by atoms with Gasteiger partial charge in [0.25, 0.3) is 0 Å². The number of likely N-dealkylation sites (tertiary alicyclic amines) is 1. The molecular weight excluding hydrogens is 388 g/mol. The van der Waals surface area contributed by atoms with Crippen LogP contribution >= 0.6 is 0 Å². The number of fused-ring (bicyclic) bond motifs is 1. The van der Waals surface area contributed by atoms with Gasteiger partial charge in [0.05, 0.1) is 17.8 Å². The van der Waals surface area contributed by atoms with Crippen molar-refractivity contribution in [2.75, 3.05) is 25.5 Å². The molecule has 3 aromatic heterocycles. The zero-order valence-corrected chi connectivity index (χ0v) is 18.3. The normalized spacial score (nSPS) is 15.6. The fourth-order valence-corrected chi connectivity index (χ4v) is 4.41. The Hall–Kier alpha value is -3.19. The topological polar surface area (TPSA) is 72.0 Å². The quantitative estimate of drug-likeness (QED) is 0.524. The van der Waals surface area contributed by atoms with Crippen molar-refractivity contribution < 1.29 is 4.52 Å². The molecule has 1 aromatic carbocycles. The number of benzene rings is 1. The first-order chi connectivity index (χ1) is 15.1. The minimum absolute atomic E-state index is 0.421. The molecule has 160 valence electrons. The summed E-state index contributed by atoms with van der Waals surface area (Å²) in [6, 6.07) is 13.1. The zero-order chi connectivity index (χ0) is 21.4. The van der Waals surface area contributed by atoms with Gasteiger partial charge in [-0.25, -0.2) is 4.98 Å². The molecule has 1 fully saturated rings. The standard InChI is InChI=1S/C24H28N6O/c1-16-22(17(2)31-28-16)19-13-21-23(25-14-19)27-24(26-20-9-11-29(3)12-10-20)30(21)15-18-7-5-4-6-8-18/h4-8,13-14,20H,9-12,15H2,1-3H3,(H,25,26,27). The molecule has 0 radical (unpaired) electrons. The summed E-state index contributed by atoms with van der Waals surface area (Å²) in [7, 11) is 2.18. The second kappa shape index (κ2) is 8.15. The van der Waals surface area contributed by atoms with Crippen molar-refractivity contribution in [3.05, 3.63) is 59.6 Å². The Kier molecular flexibility index (Phi) is 5.19. The number of hydrogen-bond donors (Lipinski definition) is 1. The molecule has 0 saturated carbocycles. The van der Waals surface area contributed by atoms with Crippen LogP contribution in [0.3, 0.4) is 0 Å². The van der Waals surface area contributed by atoms with Crippen molar-refractivity contribution in [2.24, 2.45) is 0 Å². The van der Waals surface area contributed by atoms with Crippen molar-refractivity contribution in [3.63, 3.8) is 0 Å². The van der Waals surface area contributed by atoms with Crippen LogP contribution in [0, 0.1) is 13.8 Å². The summed E-state index contributed by atoms with van der Waals surface area (Å²) < 4.78 is 7.63. The highest BCUT2D eigenvalue weighted by Crippen LogP contribution is 2.30. The molecule has 4 aromatic rings. The number of imidazole rings is 1. The molecule has 0 amide bonds. The van der Waals surface area contributed by atoms with Gasteiger partial charge in [0.1, 0.15) is 5.76 Å². The molecule has 0 unspecified atom stereocenters. The van der Waals surface area contributed by atoms with E-state index >= 15 is 0 Å². The van der Waals surface area contributed by atoms with Gasteiger partial charge in [0, 0.05) is 23.4 Å². The SMILES string of the molecule is Cc1noc(C)c1-c1cnc2nc(NC3CCN(C)CC3)n(Cc3ccccc3)c2c1. The van der Waals surface area contributed by atoms with E-state index in [1.165, 1.54) is 5.56 Å². The van der Waals surface area contributed by atoms with Crippen LogP contribution in [0.15, 0.2) is 47.1 Å². The van der Waals surface area contributed by atoms with Gasteiger partial charge in [-0.15, -0.1) is 0 Å².